The lowest BCUT2D eigenvalue weighted by atomic mass is 10.2. The molecule has 0 unspecified atom stereocenters. The Balaban J connectivity index is 2.30. The van der Waals surface area contributed by atoms with Crippen LogP contribution in [0.2, 0.25) is 0 Å². The predicted molar refractivity (Wildman–Crippen MR) is 67.7 cm³/mol. The first-order chi connectivity index (χ1) is 8.65. The van der Waals surface area contributed by atoms with Crippen molar-refractivity contribution >= 4 is 17.7 Å². The Kier molecular flexibility index (Phi) is 6.67. The van der Waals surface area contributed by atoms with Crippen LogP contribution >= 0.6 is 11.8 Å². The van der Waals surface area contributed by atoms with Crippen LogP contribution in [0.5, 0.6) is 0 Å². The average molecular weight is 275 g/mol. The number of aliphatic hydroxyl groups is 1. The molecular formula is C12H15F2NO2S. The Morgan fingerprint density at radius 3 is 2.72 bits per heavy atom. The van der Waals surface area contributed by atoms with E-state index in [1.165, 1.54) is 6.07 Å². The van der Waals surface area contributed by atoms with E-state index in [4.69, 9.17) is 5.11 Å². The number of aliphatic hydroxyl groups excluding tert-OH is 1. The van der Waals surface area contributed by atoms with E-state index < -0.39 is 17.5 Å². The van der Waals surface area contributed by atoms with Gasteiger partial charge in [-0.3, -0.25) is 4.79 Å². The van der Waals surface area contributed by atoms with E-state index in [0.717, 1.165) is 30.1 Å². The zero-order chi connectivity index (χ0) is 13.4. The first kappa shape index (κ1) is 14.9. The van der Waals surface area contributed by atoms with E-state index in [1.807, 2.05) is 0 Å². The number of hydrogen-bond acceptors (Lipinski definition) is 3. The van der Waals surface area contributed by atoms with Crippen LogP contribution in [0.4, 0.5) is 8.78 Å². The molecule has 0 aliphatic rings. The van der Waals surface area contributed by atoms with Gasteiger partial charge < -0.3 is 10.4 Å². The normalized spacial score (nSPS) is 10.4. The highest BCUT2D eigenvalue weighted by atomic mass is 32.2. The van der Waals surface area contributed by atoms with E-state index in [1.54, 1.807) is 11.8 Å². The van der Waals surface area contributed by atoms with Crippen molar-refractivity contribution in [1.82, 2.24) is 5.32 Å². The molecule has 0 spiro atoms. The van der Waals surface area contributed by atoms with Gasteiger partial charge in [-0.05, 0) is 30.4 Å². The number of nitrogens with one attached hydrogen (secondary N) is 1. The van der Waals surface area contributed by atoms with Crippen molar-refractivity contribution in [2.24, 2.45) is 0 Å². The minimum Gasteiger partial charge on any atom is -0.396 e. The standard InChI is InChI=1S/C12H15F2NO2S/c13-10-3-2-9(8-11(10)14)12(17)15-4-7-18-6-1-5-16/h2-3,8,16H,1,4-7H2,(H,15,17). The smallest absolute Gasteiger partial charge is 0.251 e. The van der Waals surface area contributed by atoms with E-state index >= 15 is 0 Å². The number of rotatable bonds is 7. The Hall–Kier alpha value is -1.14. The lowest BCUT2D eigenvalue weighted by Crippen LogP contribution is -2.26. The van der Waals surface area contributed by atoms with Gasteiger partial charge in [0.1, 0.15) is 0 Å². The third kappa shape index (κ3) is 5.01. The van der Waals surface area contributed by atoms with Crippen molar-refractivity contribution in [3.8, 4) is 0 Å². The molecule has 100 valence electrons. The molecule has 18 heavy (non-hydrogen) atoms. The van der Waals surface area contributed by atoms with Gasteiger partial charge >= 0.3 is 0 Å². The van der Waals surface area contributed by atoms with Crippen molar-refractivity contribution in [2.45, 2.75) is 6.42 Å². The van der Waals surface area contributed by atoms with Crippen LogP contribution in [0.25, 0.3) is 0 Å². The zero-order valence-corrected chi connectivity index (χ0v) is 10.6. The molecule has 3 nitrogen and oxygen atoms in total. The summed E-state index contributed by atoms with van der Waals surface area (Å²) < 4.78 is 25.5. The highest BCUT2D eigenvalue weighted by Gasteiger charge is 2.08. The Morgan fingerprint density at radius 2 is 2.06 bits per heavy atom. The van der Waals surface area contributed by atoms with Crippen molar-refractivity contribution < 1.29 is 18.7 Å². The van der Waals surface area contributed by atoms with E-state index in [-0.39, 0.29) is 12.2 Å². The number of halogens is 2. The number of benzene rings is 1. The highest BCUT2D eigenvalue weighted by molar-refractivity contribution is 7.99. The molecule has 0 aliphatic carbocycles. The van der Waals surface area contributed by atoms with Gasteiger partial charge in [0.2, 0.25) is 0 Å². The topological polar surface area (TPSA) is 49.3 Å². The molecule has 0 aliphatic heterocycles. The van der Waals surface area contributed by atoms with Gasteiger partial charge in [0.05, 0.1) is 0 Å². The first-order valence-electron chi connectivity index (χ1n) is 5.57. The molecule has 2 N–H and O–H groups in total. The Labute approximate surface area is 109 Å². The summed E-state index contributed by atoms with van der Waals surface area (Å²) in [5, 5.41) is 11.2. The summed E-state index contributed by atoms with van der Waals surface area (Å²) in [7, 11) is 0. The van der Waals surface area contributed by atoms with Gasteiger partial charge in [-0.25, -0.2) is 8.78 Å². The van der Waals surface area contributed by atoms with Crippen LogP contribution in [0, 0.1) is 11.6 Å². The van der Waals surface area contributed by atoms with Crippen molar-refractivity contribution in [1.29, 1.82) is 0 Å². The van der Waals surface area contributed by atoms with Crippen LogP contribution in [0.15, 0.2) is 18.2 Å². The average Bonchev–Trinajstić information content (AvgIpc) is 2.36. The minimum atomic E-state index is -1.03. The third-order valence-electron chi connectivity index (χ3n) is 2.16. The molecule has 0 aromatic heterocycles. The predicted octanol–water partition coefficient (Wildman–Crippen LogP) is 1.81. The van der Waals surface area contributed by atoms with Gasteiger partial charge in [0, 0.05) is 24.5 Å². The molecule has 1 aromatic carbocycles. The summed E-state index contributed by atoms with van der Waals surface area (Å²) in [5.74, 6) is -0.866. The fourth-order valence-corrected chi connectivity index (χ4v) is 2.03. The van der Waals surface area contributed by atoms with Crippen molar-refractivity contribution in [3.05, 3.63) is 35.4 Å². The molecule has 0 fully saturated rings. The van der Waals surface area contributed by atoms with E-state index in [2.05, 4.69) is 5.32 Å². The Bertz CT molecular complexity index is 402. The number of hydrogen-bond donors (Lipinski definition) is 2. The maximum absolute atomic E-state index is 12.9. The van der Waals surface area contributed by atoms with Gasteiger partial charge in [0.25, 0.3) is 5.91 Å². The second kappa shape index (κ2) is 8.05. The number of thioether (sulfide) groups is 1. The second-order valence-electron chi connectivity index (χ2n) is 3.57. The molecule has 0 heterocycles. The monoisotopic (exact) mass is 275 g/mol. The van der Waals surface area contributed by atoms with Gasteiger partial charge in [-0.2, -0.15) is 11.8 Å². The fourth-order valence-electron chi connectivity index (χ4n) is 1.24. The maximum Gasteiger partial charge on any atom is 0.251 e. The van der Waals surface area contributed by atoms with Crippen LogP contribution in [0.3, 0.4) is 0 Å². The lowest BCUT2D eigenvalue weighted by molar-refractivity contribution is 0.0955. The van der Waals surface area contributed by atoms with Crippen molar-refractivity contribution in [2.75, 3.05) is 24.7 Å². The van der Waals surface area contributed by atoms with Gasteiger partial charge in [-0.15, -0.1) is 0 Å². The minimum absolute atomic E-state index is 0.106. The molecule has 1 amide bonds. The number of carbonyl (C=O) groups is 1. The quantitative estimate of drug-likeness (QED) is 0.746. The summed E-state index contributed by atoms with van der Waals surface area (Å²) in [5.41, 5.74) is 0.106. The molecule has 0 atom stereocenters. The van der Waals surface area contributed by atoms with Gasteiger partial charge in [0.15, 0.2) is 11.6 Å². The molecule has 1 rings (SSSR count). The molecule has 0 bridgehead atoms. The lowest BCUT2D eigenvalue weighted by Gasteiger charge is -2.05. The fraction of sp³-hybridized carbons (Fsp3) is 0.417. The molecule has 0 radical (unpaired) electrons. The van der Waals surface area contributed by atoms with E-state index in [9.17, 15) is 13.6 Å². The first-order valence-corrected chi connectivity index (χ1v) is 6.72. The largest absolute Gasteiger partial charge is 0.396 e. The summed E-state index contributed by atoms with van der Waals surface area (Å²) in [6.07, 6.45) is 0.724. The number of amides is 1. The maximum atomic E-state index is 12.9. The SMILES string of the molecule is O=C(NCCSCCCO)c1ccc(F)c(F)c1. The van der Waals surface area contributed by atoms with Crippen LogP contribution < -0.4 is 5.32 Å². The van der Waals surface area contributed by atoms with Crippen LogP contribution in [0.1, 0.15) is 16.8 Å². The number of carbonyl (C=O) groups excluding carboxylic acids is 1. The summed E-state index contributed by atoms with van der Waals surface area (Å²) >= 11 is 1.61. The summed E-state index contributed by atoms with van der Waals surface area (Å²) in [6, 6.07) is 3.05. The van der Waals surface area contributed by atoms with Crippen LogP contribution in [-0.2, 0) is 0 Å². The zero-order valence-electron chi connectivity index (χ0n) is 9.79. The molecule has 0 saturated carbocycles. The van der Waals surface area contributed by atoms with Gasteiger partial charge in [-0.1, -0.05) is 0 Å². The summed E-state index contributed by atoms with van der Waals surface area (Å²) in [6.45, 7) is 0.613. The van der Waals surface area contributed by atoms with Crippen molar-refractivity contribution in [3.63, 3.8) is 0 Å². The molecule has 0 saturated heterocycles. The highest BCUT2D eigenvalue weighted by Crippen LogP contribution is 2.08. The van der Waals surface area contributed by atoms with E-state index in [0.29, 0.717) is 6.54 Å². The van der Waals surface area contributed by atoms with Crippen LogP contribution in [-0.4, -0.2) is 35.7 Å². The molecular weight excluding hydrogens is 260 g/mol. The summed E-state index contributed by atoms with van der Waals surface area (Å²) in [4.78, 5) is 11.5. The molecule has 6 heteroatoms. The third-order valence-corrected chi connectivity index (χ3v) is 3.23. The Morgan fingerprint density at radius 1 is 1.28 bits per heavy atom. The molecule has 1 aromatic rings. The second-order valence-corrected chi connectivity index (χ2v) is 4.80.